The van der Waals surface area contributed by atoms with Crippen LogP contribution in [0, 0.1) is 11.3 Å². The van der Waals surface area contributed by atoms with Crippen LogP contribution >= 0.6 is 0 Å². The van der Waals surface area contributed by atoms with Crippen LogP contribution in [0.3, 0.4) is 0 Å². The maximum absolute atomic E-state index is 13.4. The minimum absolute atomic E-state index is 0.0866. The van der Waals surface area contributed by atoms with Crippen molar-refractivity contribution in [3.05, 3.63) is 34.9 Å². The number of nitrogens with zero attached hydrogens (tertiary/aromatic N) is 1. The molecule has 0 aromatic heterocycles. The molecule has 182 valence electrons. The fourth-order valence-corrected chi connectivity index (χ4v) is 5.51. The van der Waals surface area contributed by atoms with Crippen LogP contribution < -0.4 is 10.6 Å². The lowest BCUT2D eigenvalue weighted by Crippen LogP contribution is -2.52. The normalized spacial score (nSPS) is 26.8. The van der Waals surface area contributed by atoms with E-state index in [1.807, 2.05) is 0 Å². The highest BCUT2D eigenvalue weighted by molar-refractivity contribution is 6.05. The molecular weight excluding hydrogens is 448 g/mol. The minimum atomic E-state index is -2.56. The van der Waals surface area contributed by atoms with E-state index >= 15 is 0 Å². The number of alkyl carbamates (subject to hydrolysis) is 1. The van der Waals surface area contributed by atoms with Gasteiger partial charge in [-0.15, -0.1) is 0 Å². The van der Waals surface area contributed by atoms with E-state index < -0.39 is 24.0 Å². The van der Waals surface area contributed by atoms with Gasteiger partial charge in [-0.3, -0.25) is 19.7 Å². The fraction of sp³-hybridized carbons (Fsp3) is 0.583. The van der Waals surface area contributed by atoms with Crippen LogP contribution in [0.15, 0.2) is 18.2 Å². The van der Waals surface area contributed by atoms with E-state index in [2.05, 4.69) is 10.6 Å². The Bertz CT molecular complexity index is 1050. The molecule has 2 unspecified atom stereocenters. The number of hydrogen-bond acceptors (Lipinski definition) is 5. The molecule has 1 aromatic rings. The van der Waals surface area contributed by atoms with Gasteiger partial charge < -0.3 is 15.0 Å². The first-order valence-corrected chi connectivity index (χ1v) is 11.7. The number of rotatable bonds is 5. The molecule has 4 aliphatic rings. The highest BCUT2D eigenvalue weighted by Crippen LogP contribution is 2.63. The SMILES string of the molecule is O=C1CCC(N2Cc3ccc(CNC(=O)OCC4CC45CCC(F)(F)CC5)cc3C2=O)C(=O)N1. The van der Waals surface area contributed by atoms with Gasteiger partial charge in [0.25, 0.3) is 5.91 Å². The summed E-state index contributed by atoms with van der Waals surface area (Å²) in [5.74, 6) is -3.48. The Balaban J connectivity index is 1.10. The fourth-order valence-electron chi connectivity index (χ4n) is 5.51. The van der Waals surface area contributed by atoms with Crippen molar-refractivity contribution in [3.8, 4) is 0 Å². The average molecular weight is 475 g/mol. The topological polar surface area (TPSA) is 105 Å². The largest absolute Gasteiger partial charge is 0.449 e. The van der Waals surface area contributed by atoms with Crippen molar-refractivity contribution in [1.29, 1.82) is 0 Å². The lowest BCUT2D eigenvalue weighted by atomic mass is 9.82. The van der Waals surface area contributed by atoms with Gasteiger partial charge in [-0.2, -0.15) is 0 Å². The lowest BCUT2D eigenvalue weighted by molar-refractivity contribution is -0.136. The zero-order chi connectivity index (χ0) is 24.1. The maximum atomic E-state index is 13.4. The van der Waals surface area contributed by atoms with Gasteiger partial charge in [0.1, 0.15) is 6.04 Å². The van der Waals surface area contributed by atoms with Gasteiger partial charge in [-0.1, -0.05) is 12.1 Å². The van der Waals surface area contributed by atoms with Crippen molar-refractivity contribution in [1.82, 2.24) is 15.5 Å². The summed E-state index contributed by atoms with van der Waals surface area (Å²) in [4.78, 5) is 50.0. The first kappa shape index (κ1) is 22.7. The molecule has 1 saturated heterocycles. The molecule has 10 heteroatoms. The summed E-state index contributed by atoms with van der Waals surface area (Å²) in [6, 6.07) is 4.63. The standard InChI is InChI=1S/C24H27F2N3O5/c25-24(26)7-5-23(6-8-24)10-16(23)13-34-22(33)27-11-14-1-2-15-12-29(21(32)17(15)9-14)18-3-4-19(30)28-20(18)31/h1-2,9,16,18H,3-8,10-13H2,(H,27,33)(H,28,30,31). The number of carbonyl (C=O) groups excluding carboxylic acids is 4. The molecule has 5 rings (SSSR count). The Hall–Kier alpha value is -3.04. The number of halogens is 2. The lowest BCUT2D eigenvalue weighted by Gasteiger charge is -2.29. The van der Waals surface area contributed by atoms with Gasteiger partial charge in [-0.25, -0.2) is 13.6 Å². The molecule has 2 aliphatic heterocycles. The van der Waals surface area contributed by atoms with Crippen molar-refractivity contribution >= 4 is 23.8 Å². The van der Waals surface area contributed by atoms with Crippen LogP contribution in [-0.2, 0) is 27.4 Å². The van der Waals surface area contributed by atoms with E-state index in [-0.39, 0.29) is 55.6 Å². The minimum Gasteiger partial charge on any atom is -0.449 e. The third kappa shape index (κ3) is 4.37. The third-order valence-electron chi connectivity index (χ3n) is 7.78. The monoisotopic (exact) mass is 475 g/mol. The second-order valence-corrected chi connectivity index (χ2v) is 9.96. The Morgan fingerprint density at radius 2 is 1.94 bits per heavy atom. The number of piperidine rings is 1. The van der Waals surface area contributed by atoms with E-state index in [9.17, 15) is 28.0 Å². The number of fused-ring (bicyclic) bond motifs is 1. The zero-order valence-corrected chi connectivity index (χ0v) is 18.7. The number of hydrogen-bond donors (Lipinski definition) is 2. The van der Waals surface area contributed by atoms with E-state index in [0.717, 1.165) is 12.0 Å². The molecule has 34 heavy (non-hydrogen) atoms. The van der Waals surface area contributed by atoms with Gasteiger partial charge in [0, 0.05) is 37.9 Å². The van der Waals surface area contributed by atoms with Gasteiger partial charge >= 0.3 is 6.09 Å². The first-order valence-electron chi connectivity index (χ1n) is 11.7. The van der Waals surface area contributed by atoms with E-state index in [4.69, 9.17) is 4.74 Å². The van der Waals surface area contributed by atoms with Crippen molar-refractivity contribution in [2.45, 2.75) is 70.0 Å². The number of carbonyl (C=O) groups is 4. The molecule has 2 aliphatic carbocycles. The Morgan fingerprint density at radius 3 is 2.68 bits per heavy atom. The van der Waals surface area contributed by atoms with Crippen LogP contribution in [0.1, 0.15) is 66.4 Å². The molecule has 2 N–H and O–H groups in total. The average Bonchev–Trinajstić information content (AvgIpc) is 3.39. The second kappa shape index (κ2) is 8.32. The molecular formula is C24H27F2N3O5. The maximum Gasteiger partial charge on any atom is 0.407 e. The summed E-state index contributed by atoms with van der Waals surface area (Å²) >= 11 is 0. The summed E-state index contributed by atoms with van der Waals surface area (Å²) in [7, 11) is 0. The molecule has 0 radical (unpaired) electrons. The summed E-state index contributed by atoms with van der Waals surface area (Å²) in [5.41, 5.74) is 1.90. The quantitative estimate of drug-likeness (QED) is 0.638. The molecule has 3 fully saturated rings. The van der Waals surface area contributed by atoms with Gasteiger partial charge in [0.05, 0.1) is 6.61 Å². The van der Waals surface area contributed by atoms with Crippen molar-refractivity contribution in [2.24, 2.45) is 11.3 Å². The van der Waals surface area contributed by atoms with Crippen LogP contribution in [0.2, 0.25) is 0 Å². The van der Waals surface area contributed by atoms with Crippen molar-refractivity contribution in [2.75, 3.05) is 6.61 Å². The summed E-state index contributed by atoms with van der Waals surface area (Å²) in [6.07, 6.45) is 1.52. The van der Waals surface area contributed by atoms with Crippen molar-refractivity contribution < 1.29 is 32.7 Å². The number of benzene rings is 1. The number of alkyl halides is 2. The van der Waals surface area contributed by atoms with Crippen LogP contribution in [0.5, 0.6) is 0 Å². The Morgan fingerprint density at radius 1 is 1.18 bits per heavy atom. The smallest absolute Gasteiger partial charge is 0.407 e. The van der Waals surface area contributed by atoms with Crippen LogP contribution in [-0.4, -0.2) is 47.3 Å². The number of amides is 4. The molecule has 0 bridgehead atoms. The summed E-state index contributed by atoms with van der Waals surface area (Å²) in [6.45, 7) is 0.687. The van der Waals surface area contributed by atoms with Gasteiger partial charge in [-0.05, 0) is 54.2 Å². The van der Waals surface area contributed by atoms with E-state index in [1.165, 1.54) is 4.90 Å². The van der Waals surface area contributed by atoms with Crippen molar-refractivity contribution in [3.63, 3.8) is 0 Å². The number of imide groups is 1. The zero-order valence-electron chi connectivity index (χ0n) is 18.7. The van der Waals surface area contributed by atoms with Crippen LogP contribution in [0.4, 0.5) is 13.6 Å². The van der Waals surface area contributed by atoms with E-state index in [1.54, 1.807) is 18.2 Å². The molecule has 2 atom stereocenters. The third-order valence-corrected chi connectivity index (χ3v) is 7.78. The predicted molar refractivity (Wildman–Crippen MR) is 115 cm³/mol. The second-order valence-electron chi connectivity index (χ2n) is 9.96. The molecule has 4 amide bonds. The Labute approximate surface area is 195 Å². The highest BCUT2D eigenvalue weighted by Gasteiger charge is 2.58. The van der Waals surface area contributed by atoms with Gasteiger partial charge in [0.2, 0.25) is 17.7 Å². The van der Waals surface area contributed by atoms with Crippen LogP contribution in [0.25, 0.3) is 0 Å². The molecule has 1 aromatic carbocycles. The Kier molecular flexibility index (Phi) is 5.56. The summed E-state index contributed by atoms with van der Waals surface area (Å²) in [5, 5.41) is 4.95. The molecule has 1 spiro atoms. The molecule has 2 heterocycles. The number of ether oxygens (including phenoxy) is 1. The first-order chi connectivity index (χ1) is 16.2. The highest BCUT2D eigenvalue weighted by atomic mass is 19.3. The predicted octanol–water partition coefficient (Wildman–Crippen LogP) is 2.89. The van der Waals surface area contributed by atoms with E-state index in [0.29, 0.717) is 36.9 Å². The molecule has 2 saturated carbocycles. The number of nitrogens with one attached hydrogen (secondary N) is 2. The van der Waals surface area contributed by atoms with Gasteiger partial charge in [0.15, 0.2) is 0 Å². The molecule has 8 nitrogen and oxygen atoms in total. The summed E-state index contributed by atoms with van der Waals surface area (Å²) < 4.78 is 32.1.